The van der Waals surface area contributed by atoms with Crippen molar-refractivity contribution < 1.29 is 21.6 Å². The van der Waals surface area contributed by atoms with Crippen molar-refractivity contribution in [2.24, 2.45) is 0 Å². The van der Waals surface area contributed by atoms with Gasteiger partial charge < -0.3 is 9.73 Å². The van der Waals surface area contributed by atoms with Crippen LogP contribution in [0.4, 0.5) is 14.6 Å². The molecule has 4 rings (SSSR count). The van der Waals surface area contributed by atoms with Gasteiger partial charge in [-0.15, -0.1) is 0 Å². The minimum absolute atomic E-state index is 0.0749. The lowest BCUT2D eigenvalue weighted by Crippen LogP contribution is -2.35. The topological polar surface area (TPSA) is 106 Å². The van der Waals surface area contributed by atoms with Gasteiger partial charge in [0.05, 0.1) is 11.6 Å². The first kappa shape index (κ1) is 25.5. The highest BCUT2D eigenvalue weighted by molar-refractivity contribution is 7.92. The van der Waals surface area contributed by atoms with Crippen LogP contribution in [-0.4, -0.2) is 23.5 Å². The third-order valence-corrected chi connectivity index (χ3v) is 6.92. The molecule has 1 unspecified atom stereocenters. The van der Waals surface area contributed by atoms with Crippen molar-refractivity contribution in [1.29, 1.82) is 0 Å². The molecule has 2 N–H and O–H groups in total. The molecular formula is C25H26F2N4O4S. The Bertz CT molecular complexity index is 1590. The van der Waals surface area contributed by atoms with Crippen molar-refractivity contribution in [3.05, 3.63) is 88.0 Å². The quantitative estimate of drug-likeness (QED) is 0.349. The molecule has 2 aromatic heterocycles. The normalized spacial score (nSPS) is 13.2. The van der Waals surface area contributed by atoms with Crippen molar-refractivity contribution in [2.75, 3.05) is 4.72 Å². The number of benzene rings is 2. The summed E-state index contributed by atoms with van der Waals surface area (Å²) in [5, 5.41) is 3.40. The highest BCUT2D eigenvalue weighted by Crippen LogP contribution is 2.28. The highest BCUT2D eigenvalue weighted by atomic mass is 32.2. The van der Waals surface area contributed by atoms with Crippen LogP contribution >= 0.6 is 0 Å². The summed E-state index contributed by atoms with van der Waals surface area (Å²) in [5.41, 5.74) is 1.72. The number of sulfonamides is 1. The summed E-state index contributed by atoms with van der Waals surface area (Å²) in [5.74, 6) is -3.08. The minimum atomic E-state index is -4.48. The molecule has 0 aliphatic carbocycles. The summed E-state index contributed by atoms with van der Waals surface area (Å²) in [6, 6.07) is 12.5. The van der Waals surface area contributed by atoms with E-state index in [0.29, 0.717) is 6.54 Å². The maximum absolute atomic E-state index is 15.0. The van der Waals surface area contributed by atoms with Gasteiger partial charge in [-0.25, -0.2) is 22.6 Å². The number of hydrogen-bond acceptors (Lipinski definition) is 6. The van der Waals surface area contributed by atoms with Crippen LogP contribution in [0.15, 0.2) is 68.7 Å². The molecule has 0 saturated carbocycles. The Hall–Kier alpha value is -3.57. The lowest BCUT2D eigenvalue weighted by molar-refractivity contribution is 0.424. The van der Waals surface area contributed by atoms with Crippen LogP contribution in [0.2, 0.25) is 0 Å². The molecule has 0 saturated heterocycles. The number of halogens is 2. The number of rotatable bonds is 7. The van der Waals surface area contributed by atoms with Crippen LogP contribution in [0, 0.1) is 11.8 Å². The Morgan fingerprint density at radius 3 is 2.50 bits per heavy atom. The zero-order valence-electron chi connectivity index (χ0n) is 20.2. The van der Waals surface area contributed by atoms with Gasteiger partial charge in [-0.05, 0) is 51.0 Å². The Balaban J connectivity index is 1.69. The largest absolute Gasteiger partial charge is 0.420 e. The van der Waals surface area contributed by atoms with Crippen LogP contribution in [-0.2, 0) is 16.6 Å². The van der Waals surface area contributed by atoms with Crippen LogP contribution in [0.5, 0.6) is 0 Å². The maximum Gasteiger partial charge on any atom is 0.420 e. The van der Waals surface area contributed by atoms with Crippen LogP contribution < -0.4 is 15.8 Å². The summed E-state index contributed by atoms with van der Waals surface area (Å²) in [4.78, 5) is 15.4. The number of fused-ring (bicyclic) bond motifs is 1. The Labute approximate surface area is 207 Å². The molecule has 11 heteroatoms. The van der Waals surface area contributed by atoms with Gasteiger partial charge in [-0.3, -0.25) is 9.29 Å². The molecule has 1 atom stereocenters. The molecule has 0 aliphatic rings. The molecule has 0 spiro atoms. The number of nitrogens with zero attached hydrogens (tertiary/aromatic N) is 2. The summed E-state index contributed by atoms with van der Waals surface area (Å²) >= 11 is 0. The Morgan fingerprint density at radius 1 is 1.08 bits per heavy atom. The molecule has 2 heterocycles. The van der Waals surface area contributed by atoms with Crippen LogP contribution in [0.25, 0.3) is 11.1 Å². The fraction of sp³-hybridized carbons (Fsp3) is 0.280. The first-order chi connectivity index (χ1) is 16.8. The smallest absolute Gasteiger partial charge is 0.408 e. The third-order valence-electron chi connectivity index (χ3n) is 5.55. The van der Waals surface area contributed by atoms with Gasteiger partial charge in [0.1, 0.15) is 16.5 Å². The summed E-state index contributed by atoms with van der Waals surface area (Å²) in [6.07, 6.45) is 0. The van der Waals surface area contributed by atoms with E-state index in [1.54, 1.807) is 6.92 Å². The second-order valence-corrected chi connectivity index (χ2v) is 11.1. The van der Waals surface area contributed by atoms with Gasteiger partial charge in [0.15, 0.2) is 5.58 Å². The zero-order chi connectivity index (χ0) is 26.3. The van der Waals surface area contributed by atoms with Crippen LogP contribution in [0.1, 0.15) is 44.9 Å². The van der Waals surface area contributed by atoms with Gasteiger partial charge in [-0.2, -0.15) is 4.39 Å². The molecule has 8 nitrogen and oxygen atoms in total. The first-order valence-corrected chi connectivity index (χ1v) is 12.7. The fourth-order valence-electron chi connectivity index (χ4n) is 3.75. The molecule has 0 fully saturated rings. The lowest BCUT2D eigenvalue weighted by atomic mass is 10.0. The molecule has 2 aromatic carbocycles. The van der Waals surface area contributed by atoms with E-state index < -0.39 is 38.5 Å². The summed E-state index contributed by atoms with van der Waals surface area (Å²) in [7, 11) is -4.48. The second kappa shape index (κ2) is 9.47. The van der Waals surface area contributed by atoms with Crippen molar-refractivity contribution in [2.45, 2.75) is 50.7 Å². The Morgan fingerprint density at radius 2 is 1.81 bits per heavy atom. The monoisotopic (exact) mass is 516 g/mol. The van der Waals surface area contributed by atoms with Gasteiger partial charge in [0, 0.05) is 24.2 Å². The average Bonchev–Trinajstić information content (AvgIpc) is 3.10. The van der Waals surface area contributed by atoms with Gasteiger partial charge in [0.2, 0.25) is 5.95 Å². The van der Waals surface area contributed by atoms with Crippen molar-refractivity contribution in [3.8, 4) is 0 Å². The van der Waals surface area contributed by atoms with E-state index in [-0.39, 0.29) is 22.5 Å². The van der Waals surface area contributed by atoms with Gasteiger partial charge in [-0.1, -0.05) is 30.3 Å². The molecule has 0 amide bonds. The van der Waals surface area contributed by atoms with Gasteiger partial charge >= 0.3 is 5.76 Å². The van der Waals surface area contributed by atoms with E-state index >= 15 is 4.39 Å². The number of nitrogens with one attached hydrogen (secondary N) is 2. The first-order valence-electron chi connectivity index (χ1n) is 11.2. The summed E-state index contributed by atoms with van der Waals surface area (Å²) in [6.45, 7) is 8.57. The SMILES string of the molecule is CC(c1cccc(CNC(C)(C)C)c1)n1c(=O)oc2cc(S(=O)(=O)Nc3cccc(F)n3)c(F)cc21. The Kier molecular flexibility index (Phi) is 6.72. The van der Waals surface area contributed by atoms with E-state index in [9.17, 15) is 17.6 Å². The zero-order valence-corrected chi connectivity index (χ0v) is 21.0. The van der Waals surface area contributed by atoms with E-state index in [4.69, 9.17) is 4.42 Å². The van der Waals surface area contributed by atoms with E-state index in [0.717, 1.165) is 29.3 Å². The van der Waals surface area contributed by atoms with E-state index in [1.807, 2.05) is 29.0 Å². The fourth-order valence-corrected chi connectivity index (χ4v) is 4.82. The van der Waals surface area contributed by atoms with Gasteiger partial charge in [0.25, 0.3) is 10.0 Å². The van der Waals surface area contributed by atoms with Crippen molar-refractivity contribution in [1.82, 2.24) is 14.9 Å². The van der Waals surface area contributed by atoms with E-state index in [2.05, 4.69) is 31.1 Å². The maximum atomic E-state index is 15.0. The standard InChI is InChI=1S/C25H26F2N4O4S/c1-15(17-8-5-7-16(11-17)14-28-25(2,3)4)31-19-12-18(26)21(13-20(19)35-24(31)32)36(33,34)30-23-10-6-9-22(27)29-23/h5-13,15,28H,14H2,1-4H3,(H,29,30). The molecule has 0 aliphatic heterocycles. The number of hydrogen-bond donors (Lipinski definition) is 2. The lowest BCUT2D eigenvalue weighted by Gasteiger charge is -2.21. The number of anilines is 1. The van der Waals surface area contributed by atoms with Crippen LogP contribution in [0.3, 0.4) is 0 Å². The third kappa shape index (κ3) is 5.47. The molecule has 0 bridgehead atoms. The molecule has 0 radical (unpaired) electrons. The van der Waals surface area contributed by atoms with Crippen molar-refractivity contribution in [3.63, 3.8) is 0 Å². The molecule has 190 valence electrons. The van der Waals surface area contributed by atoms with Crippen molar-refractivity contribution >= 4 is 26.9 Å². The second-order valence-electron chi connectivity index (χ2n) is 9.46. The molecule has 36 heavy (non-hydrogen) atoms. The summed E-state index contributed by atoms with van der Waals surface area (Å²) < 4.78 is 62.5. The average molecular weight is 517 g/mol. The predicted molar refractivity (Wildman–Crippen MR) is 132 cm³/mol. The number of pyridine rings is 1. The molecule has 4 aromatic rings. The number of aromatic nitrogens is 2. The highest BCUT2D eigenvalue weighted by Gasteiger charge is 2.25. The number of oxazole rings is 1. The molecular weight excluding hydrogens is 490 g/mol. The minimum Gasteiger partial charge on any atom is -0.408 e. The predicted octanol–water partition coefficient (Wildman–Crippen LogP) is 4.57. The van der Waals surface area contributed by atoms with E-state index in [1.165, 1.54) is 16.7 Å².